The van der Waals surface area contributed by atoms with Crippen molar-refractivity contribution < 1.29 is 17.9 Å². The third-order valence-corrected chi connectivity index (χ3v) is 3.93. The molecule has 2 atom stereocenters. The molecule has 17 heavy (non-hydrogen) atoms. The van der Waals surface area contributed by atoms with Crippen LogP contribution in [0, 0.1) is 0 Å². The van der Waals surface area contributed by atoms with Crippen LogP contribution >= 0.6 is 11.3 Å². The summed E-state index contributed by atoms with van der Waals surface area (Å²) in [4.78, 5) is 4.02. The van der Waals surface area contributed by atoms with E-state index in [1.807, 2.05) is 0 Å². The van der Waals surface area contributed by atoms with Crippen LogP contribution in [0.1, 0.15) is 30.0 Å². The molecule has 1 fully saturated rings. The maximum absolute atomic E-state index is 12.7. The lowest BCUT2D eigenvalue weighted by atomic mass is 10.00. The zero-order chi connectivity index (χ0) is 12.7. The molecular formula is C10H13F3N2OS. The Morgan fingerprint density at radius 3 is 2.76 bits per heavy atom. The summed E-state index contributed by atoms with van der Waals surface area (Å²) in [6.45, 7) is 2.11. The molecule has 1 aliphatic heterocycles. The van der Waals surface area contributed by atoms with Gasteiger partial charge in [-0.3, -0.25) is 0 Å². The second kappa shape index (κ2) is 4.22. The van der Waals surface area contributed by atoms with Crippen molar-refractivity contribution in [2.75, 3.05) is 13.2 Å². The van der Waals surface area contributed by atoms with Crippen LogP contribution in [0.25, 0.3) is 0 Å². The maximum Gasteiger partial charge on any atom is 0.411 e. The number of aromatic nitrogens is 1. The average Bonchev–Trinajstić information content (AvgIpc) is 2.87. The summed E-state index contributed by atoms with van der Waals surface area (Å²) in [6.07, 6.45) is -3.69. The highest BCUT2D eigenvalue weighted by Gasteiger charge is 2.51. The Bertz CT molecular complexity index is 397. The average molecular weight is 266 g/mol. The van der Waals surface area contributed by atoms with E-state index in [0.717, 1.165) is 13.3 Å². The third-order valence-electron chi connectivity index (χ3n) is 2.92. The van der Waals surface area contributed by atoms with E-state index < -0.39 is 11.7 Å². The first-order valence-corrected chi connectivity index (χ1v) is 6.09. The zero-order valence-corrected chi connectivity index (χ0v) is 10.1. The zero-order valence-electron chi connectivity index (χ0n) is 9.25. The Balaban J connectivity index is 2.23. The Morgan fingerprint density at radius 1 is 1.53 bits per heavy atom. The highest BCUT2D eigenvalue weighted by Crippen LogP contribution is 2.38. The van der Waals surface area contributed by atoms with E-state index >= 15 is 0 Å². The quantitative estimate of drug-likeness (QED) is 0.894. The van der Waals surface area contributed by atoms with Gasteiger partial charge in [0.2, 0.25) is 0 Å². The van der Waals surface area contributed by atoms with Gasteiger partial charge in [-0.05, 0) is 13.3 Å². The van der Waals surface area contributed by atoms with Crippen molar-refractivity contribution in [3.63, 3.8) is 0 Å². The lowest BCUT2D eigenvalue weighted by Gasteiger charge is -2.25. The number of hydrogen-bond acceptors (Lipinski definition) is 4. The van der Waals surface area contributed by atoms with Crippen LogP contribution < -0.4 is 5.73 Å². The molecule has 2 rings (SSSR count). The van der Waals surface area contributed by atoms with Gasteiger partial charge in [-0.15, -0.1) is 11.3 Å². The van der Waals surface area contributed by atoms with Crippen molar-refractivity contribution in [3.8, 4) is 0 Å². The summed E-state index contributed by atoms with van der Waals surface area (Å²) in [5.41, 5.74) is 2.81. The van der Waals surface area contributed by atoms with E-state index in [1.165, 1.54) is 16.7 Å². The first-order valence-electron chi connectivity index (χ1n) is 5.21. The molecule has 1 saturated heterocycles. The molecule has 96 valence electrons. The molecular weight excluding hydrogens is 253 g/mol. The van der Waals surface area contributed by atoms with Gasteiger partial charge in [0.05, 0.1) is 17.3 Å². The highest BCUT2D eigenvalue weighted by atomic mass is 32.1. The normalized spacial score (nSPS) is 24.9. The minimum Gasteiger partial charge on any atom is -0.381 e. The van der Waals surface area contributed by atoms with E-state index in [9.17, 15) is 13.2 Å². The van der Waals surface area contributed by atoms with E-state index in [-0.39, 0.29) is 11.6 Å². The largest absolute Gasteiger partial charge is 0.411 e. The SMILES string of the molecule is CC(N)(c1csc(C2CCOC2)n1)C(F)(F)F. The minimum atomic E-state index is -4.50. The predicted octanol–water partition coefficient (Wildman–Crippen LogP) is 2.38. The summed E-state index contributed by atoms with van der Waals surface area (Å²) in [5.74, 6) is 0.109. The number of rotatable bonds is 2. The Hall–Kier alpha value is -0.660. The lowest BCUT2D eigenvalue weighted by Crippen LogP contribution is -2.48. The Morgan fingerprint density at radius 2 is 2.24 bits per heavy atom. The summed E-state index contributed by atoms with van der Waals surface area (Å²) in [7, 11) is 0. The number of nitrogens with two attached hydrogens (primary N) is 1. The highest BCUT2D eigenvalue weighted by molar-refractivity contribution is 7.09. The van der Waals surface area contributed by atoms with Crippen LogP contribution in [0.5, 0.6) is 0 Å². The van der Waals surface area contributed by atoms with E-state index in [4.69, 9.17) is 10.5 Å². The topological polar surface area (TPSA) is 48.1 Å². The van der Waals surface area contributed by atoms with Crippen molar-refractivity contribution in [3.05, 3.63) is 16.1 Å². The number of hydrogen-bond donors (Lipinski definition) is 1. The maximum atomic E-state index is 12.7. The third kappa shape index (κ3) is 2.31. The van der Waals surface area contributed by atoms with E-state index in [2.05, 4.69) is 4.98 Å². The smallest absolute Gasteiger partial charge is 0.381 e. The molecule has 1 aromatic heterocycles. The molecule has 3 nitrogen and oxygen atoms in total. The monoisotopic (exact) mass is 266 g/mol. The molecule has 0 amide bonds. The molecule has 0 bridgehead atoms. The van der Waals surface area contributed by atoms with Gasteiger partial charge in [0, 0.05) is 17.9 Å². The van der Waals surface area contributed by atoms with Crippen LogP contribution in [-0.2, 0) is 10.3 Å². The standard InChI is InChI=1S/C10H13F3N2OS/c1-9(14,10(11,12)13)7-5-17-8(15-7)6-2-3-16-4-6/h5-6H,2-4,14H2,1H3. The molecule has 2 heterocycles. The van der Waals surface area contributed by atoms with Crippen LogP contribution in [0.3, 0.4) is 0 Å². The molecule has 0 saturated carbocycles. The molecule has 1 aromatic rings. The van der Waals surface area contributed by atoms with Crippen LogP contribution in [0.4, 0.5) is 13.2 Å². The van der Waals surface area contributed by atoms with Gasteiger partial charge in [0.1, 0.15) is 0 Å². The fourth-order valence-electron chi connectivity index (χ4n) is 1.59. The molecule has 0 aliphatic carbocycles. The fourth-order valence-corrected chi connectivity index (χ4v) is 2.65. The van der Waals surface area contributed by atoms with Gasteiger partial charge in [-0.2, -0.15) is 13.2 Å². The molecule has 2 N–H and O–H groups in total. The molecule has 0 aromatic carbocycles. The van der Waals surface area contributed by atoms with Gasteiger partial charge in [0.25, 0.3) is 0 Å². The van der Waals surface area contributed by atoms with Gasteiger partial charge in [-0.1, -0.05) is 0 Å². The van der Waals surface area contributed by atoms with Crippen LogP contribution in [0.2, 0.25) is 0 Å². The van der Waals surface area contributed by atoms with Crippen molar-refractivity contribution in [1.82, 2.24) is 4.98 Å². The summed E-state index contributed by atoms with van der Waals surface area (Å²) >= 11 is 1.22. The lowest BCUT2D eigenvalue weighted by molar-refractivity contribution is -0.185. The second-order valence-corrected chi connectivity index (χ2v) is 5.22. The first-order chi connectivity index (χ1) is 7.82. The Labute approximate surface area is 101 Å². The number of thiazole rings is 1. The van der Waals surface area contributed by atoms with Gasteiger partial charge in [-0.25, -0.2) is 4.98 Å². The van der Waals surface area contributed by atoms with Crippen molar-refractivity contribution >= 4 is 11.3 Å². The molecule has 7 heteroatoms. The number of nitrogens with zero attached hydrogens (tertiary/aromatic N) is 1. The van der Waals surface area contributed by atoms with E-state index in [0.29, 0.717) is 18.2 Å². The number of halogens is 3. The summed E-state index contributed by atoms with van der Waals surface area (Å²) < 4.78 is 43.3. The second-order valence-electron chi connectivity index (χ2n) is 4.33. The fraction of sp³-hybridized carbons (Fsp3) is 0.700. The predicted molar refractivity (Wildman–Crippen MR) is 57.9 cm³/mol. The van der Waals surface area contributed by atoms with E-state index in [1.54, 1.807) is 0 Å². The molecule has 1 aliphatic rings. The van der Waals surface area contributed by atoms with Gasteiger partial charge in [0.15, 0.2) is 5.54 Å². The minimum absolute atomic E-state index is 0.109. The molecule has 0 radical (unpaired) electrons. The first kappa shape index (κ1) is 12.8. The van der Waals surface area contributed by atoms with Gasteiger partial charge >= 0.3 is 6.18 Å². The Kier molecular flexibility index (Phi) is 3.17. The van der Waals surface area contributed by atoms with Crippen LogP contribution in [-0.4, -0.2) is 24.4 Å². The molecule has 2 unspecified atom stereocenters. The van der Waals surface area contributed by atoms with Crippen LogP contribution in [0.15, 0.2) is 5.38 Å². The van der Waals surface area contributed by atoms with Crippen molar-refractivity contribution in [1.29, 1.82) is 0 Å². The number of ether oxygens (including phenoxy) is 1. The van der Waals surface area contributed by atoms with Gasteiger partial charge < -0.3 is 10.5 Å². The van der Waals surface area contributed by atoms with Crippen molar-refractivity contribution in [2.24, 2.45) is 5.73 Å². The summed E-state index contributed by atoms with van der Waals surface area (Å²) in [6, 6.07) is 0. The van der Waals surface area contributed by atoms with Crippen molar-refractivity contribution in [2.45, 2.75) is 31.0 Å². The number of alkyl halides is 3. The summed E-state index contributed by atoms with van der Waals surface area (Å²) in [5, 5.41) is 2.07. The molecule has 0 spiro atoms.